The van der Waals surface area contributed by atoms with E-state index in [9.17, 15) is 0 Å². The molecule has 0 saturated carbocycles. The van der Waals surface area contributed by atoms with Crippen molar-refractivity contribution >= 4 is 44.5 Å². The molecule has 0 spiro atoms. The molecule has 0 fully saturated rings. The summed E-state index contributed by atoms with van der Waals surface area (Å²) in [5.41, 5.74) is 18.8. The Hall–Kier alpha value is -6.50. The van der Waals surface area contributed by atoms with Crippen LogP contribution in [0.5, 0.6) is 0 Å². The third-order valence-electron chi connectivity index (χ3n) is 14.1. The summed E-state index contributed by atoms with van der Waals surface area (Å²) >= 11 is 0. The van der Waals surface area contributed by atoms with Gasteiger partial charge in [0.25, 0.3) is 0 Å². The summed E-state index contributed by atoms with van der Waals surface area (Å²) < 4.78 is 0. The predicted molar refractivity (Wildman–Crippen MR) is 259 cm³/mol. The van der Waals surface area contributed by atoms with Gasteiger partial charge < -0.3 is 0 Å². The Labute approximate surface area is 354 Å². The Morgan fingerprint density at radius 3 is 1.48 bits per heavy atom. The second-order valence-electron chi connectivity index (χ2n) is 17.9. The largest absolute Gasteiger partial charge is 0.0757 e. The number of hydrogen-bond acceptors (Lipinski definition) is 0. The lowest BCUT2D eigenvalue weighted by atomic mass is 9.79. The molecule has 0 unspecified atom stereocenters. The maximum absolute atomic E-state index is 2.53. The summed E-state index contributed by atoms with van der Waals surface area (Å²) in [7, 11) is 0. The molecule has 0 aromatic heterocycles. The fourth-order valence-electron chi connectivity index (χ4n) is 11.2. The van der Waals surface area contributed by atoms with Gasteiger partial charge in [0.1, 0.15) is 0 Å². The SMILES string of the molecule is CC.CC1(C)c2ccccc2-c2ccc(-c3ccc4c(-c5cc6ccccc6c6ccccc56)c5c(c(-c6ccc7c(c6)C(C)(C)c6ccccc6-7)c4c3)=CCCC=5)cc21. The first-order chi connectivity index (χ1) is 29.3. The first-order valence-electron chi connectivity index (χ1n) is 22.0. The highest BCUT2D eigenvalue weighted by atomic mass is 14.4. The van der Waals surface area contributed by atoms with Gasteiger partial charge in [0.05, 0.1) is 0 Å². The molecule has 9 aromatic carbocycles. The van der Waals surface area contributed by atoms with E-state index in [1.807, 2.05) is 13.8 Å². The molecule has 3 aliphatic rings. The van der Waals surface area contributed by atoms with Crippen LogP contribution in [-0.4, -0.2) is 0 Å². The van der Waals surface area contributed by atoms with Crippen molar-refractivity contribution in [1.82, 2.24) is 0 Å². The van der Waals surface area contributed by atoms with Crippen molar-refractivity contribution in [3.8, 4) is 55.6 Å². The quantitative estimate of drug-likeness (QED) is 0.157. The van der Waals surface area contributed by atoms with Crippen molar-refractivity contribution in [2.75, 3.05) is 0 Å². The maximum atomic E-state index is 2.53. The number of hydrogen-bond donors (Lipinski definition) is 0. The molecule has 0 saturated heterocycles. The van der Waals surface area contributed by atoms with Crippen LogP contribution < -0.4 is 10.4 Å². The fraction of sp³-hybridized carbons (Fsp3) is 0.167. The van der Waals surface area contributed by atoms with Crippen molar-refractivity contribution in [1.29, 1.82) is 0 Å². The van der Waals surface area contributed by atoms with Gasteiger partial charge in [-0.05, 0) is 158 Å². The van der Waals surface area contributed by atoms with E-state index in [1.165, 1.54) is 121 Å². The van der Waals surface area contributed by atoms with E-state index in [2.05, 4.69) is 198 Å². The van der Waals surface area contributed by atoms with Crippen LogP contribution in [0.4, 0.5) is 0 Å². The molecule has 0 heteroatoms. The standard InChI is InChI=1S/C58H44.C2H6/c1-57(2)51-23-13-11-19-42(51)44-28-25-36(33-53(44)57)35-26-30-48-50(31-35)55(38-27-29-45-43-20-12-14-24-52(43)58(3,4)54(45)34-38)46-21-9-10-22-47(46)56(48)49-32-37-15-5-6-16-39(37)40-17-7-8-18-41(40)49;1-2/h5-8,11-34H,9-10H2,1-4H3;1-2H3. The Balaban J connectivity index is 0.00000201. The van der Waals surface area contributed by atoms with Crippen LogP contribution in [0.1, 0.15) is 76.6 Å². The molecule has 0 N–H and O–H groups in total. The van der Waals surface area contributed by atoms with E-state index >= 15 is 0 Å². The van der Waals surface area contributed by atoms with Crippen LogP contribution in [0.25, 0.3) is 100 Å². The van der Waals surface area contributed by atoms with Crippen molar-refractivity contribution in [3.63, 3.8) is 0 Å². The number of rotatable bonds is 3. The minimum absolute atomic E-state index is 0.0626. The smallest absolute Gasteiger partial charge is 0.0159 e. The molecule has 290 valence electrons. The summed E-state index contributed by atoms with van der Waals surface area (Å²) in [6, 6.07) is 60.2. The highest BCUT2D eigenvalue weighted by molar-refractivity contribution is 6.18. The van der Waals surface area contributed by atoms with Gasteiger partial charge in [-0.15, -0.1) is 0 Å². The van der Waals surface area contributed by atoms with Gasteiger partial charge in [0.15, 0.2) is 0 Å². The summed E-state index contributed by atoms with van der Waals surface area (Å²) in [5.74, 6) is 0. The Morgan fingerprint density at radius 1 is 0.333 bits per heavy atom. The minimum atomic E-state index is -0.0858. The van der Waals surface area contributed by atoms with Crippen molar-refractivity contribution in [2.45, 2.75) is 65.2 Å². The minimum Gasteiger partial charge on any atom is -0.0757 e. The van der Waals surface area contributed by atoms with Crippen LogP contribution in [0.15, 0.2) is 158 Å². The number of fused-ring (bicyclic) bond motifs is 11. The molecule has 12 rings (SSSR count). The van der Waals surface area contributed by atoms with Crippen LogP contribution in [0.2, 0.25) is 0 Å². The molecular weight excluding hydrogens is 721 g/mol. The topological polar surface area (TPSA) is 0 Å². The molecule has 60 heavy (non-hydrogen) atoms. The Morgan fingerprint density at radius 2 is 0.817 bits per heavy atom. The molecule has 0 aliphatic heterocycles. The molecular formula is C60H50. The summed E-state index contributed by atoms with van der Waals surface area (Å²) in [6.45, 7) is 13.6. The predicted octanol–water partition coefficient (Wildman–Crippen LogP) is 15.1. The number of benzene rings is 9. The van der Waals surface area contributed by atoms with E-state index in [0.29, 0.717) is 0 Å². The first kappa shape index (κ1) is 36.6. The van der Waals surface area contributed by atoms with Crippen LogP contribution in [-0.2, 0) is 10.8 Å². The van der Waals surface area contributed by atoms with Crippen LogP contribution in [0.3, 0.4) is 0 Å². The normalized spacial score (nSPS) is 14.9. The zero-order valence-electron chi connectivity index (χ0n) is 35.6. The monoisotopic (exact) mass is 770 g/mol. The molecule has 0 nitrogen and oxygen atoms in total. The lowest BCUT2D eigenvalue weighted by Gasteiger charge is -2.24. The van der Waals surface area contributed by atoms with E-state index in [1.54, 1.807) is 0 Å². The highest BCUT2D eigenvalue weighted by Crippen LogP contribution is 2.51. The van der Waals surface area contributed by atoms with Gasteiger partial charge in [-0.3, -0.25) is 0 Å². The van der Waals surface area contributed by atoms with E-state index in [4.69, 9.17) is 0 Å². The molecule has 0 bridgehead atoms. The van der Waals surface area contributed by atoms with E-state index < -0.39 is 0 Å². The maximum Gasteiger partial charge on any atom is 0.0159 e. The van der Waals surface area contributed by atoms with Crippen molar-refractivity contribution in [3.05, 3.63) is 190 Å². The van der Waals surface area contributed by atoms with Gasteiger partial charge in [0, 0.05) is 10.8 Å². The lowest BCUT2D eigenvalue weighted by Crippen LogP contribution is -2.31. The van der Waals surface area contributed by atoms with Crippen molar-refractivity contribution in [2.24, 2.45) is 0 Å². The van der Waals surface area contributed by atoms with Gasteiger partial charge in [0.2, 0.25) is 0 Å². The summed E-state index contributed by atoms with van der Waals surface area (Å²) in [5, 5.41) is 10.5. The van der Waals surface area contributed by atoms with Gasteiger partial charge in [-0.25, -0.2) is 0 Å². The molecule has 0 atom stereocenters. The van der Waals surface area contributed by atoms with Gasteiger partial charge >= 0.3 is 0 Å². The third-order valence-corrected chi connectivity index (χ3v) is 14.1. The zero-order valence-corrected chi connectivity index (χ0v) is 35.6. The van der Waals surface area contributed by atoms with E-state index in [0.717, 1.165) is 12.8 Å². The molecule has 3 aliphatic carbocycles. The van der Waals surface area contributed by atoms with Gasteiger partial charge in [-0.2, -0.15) is 0 Å². The molecule has 0 heterocycles. The fourth-order valence-corrected chi connectivity index (χ4v) is 11.2. The van der Waals surface area contributed by atoms with Crippen molar-refractivity contribution < 1.29 is 0 Å². The molecule has 0 radical (unpaired) electrons. The van der Waals surface area contributed by atoms with Crippen LogP contribution in [0, 0.1) is 0 Å². The van der Waals surface area contributed by atoms with Crippen LogP contribution >= 0.6 is 0 Å². The molecule has 0 amide bonds. The van der Waals surface area contributed by atoms with Gasteiger partial charge in [-0.1, -0.05) is 187 Å². The lowest BCUT2D eigenvalue weighted by molar-refractivity contribution is 0.660. The third kappa shape index (κ3) is 5.16. The Bertz CT molecular complexity index is 3390. The first-order valence-corrected chi connectivity index (χ1v) is 22.0. The van der Waals surface area contributed by atoms with E-state index in [-0.39, 0.29) is 10.8 Å². The second kappa shape index (κ2) is 13.5. The summed E-state index contributed by atoms with van der Waals surface area (Å²) in [4.78, 5) is 0. The summed E-state index contributed by atoms with van der Waals surface area (Å²) in [6.07, 6.45) is 7.13. The zero-order chi connectivity index (χ0) is 40.9. The highest BCUT2D eigenvalue weighted by Gasteiger charge is 2.37. The Kier molecular flexibility index (Phi) is 8.24. The average Bonchev–Trinajstić information content (AvgIpc) is 3.67. The average molecular weight is 771 g/mol. The molecule has 9 aromatic rings. The second-order valence-corrected chi connectivity index (χ2v) is 17.9.